The Kier molecular flexibility index (Phi) is 4.76. The minimum Gasteiger partial charge on any atom is -0.508 e. The molecule has 1 unspecified atom stereocenters. The van der Waals surface area contributed by atoms with Crippen LogP contribution in [0.25, 0.3) is 0 Å². The predicted molar refractivity (Wildman–Crippen MR) is 73.5 cm³/mol. The van der Waals surface area contributed by atoms with E-state index in [9.17, 15) is 9.90 Å². The number of carbonyl (C=O) groups is 1. The Morgan fingerprint density at radius 2 is 1.83 bits per heavy atom. The highest BCUT2D eigenvalue weighted by atomic mass is 16.3. The van der Waals surface area contributed by atoms with Gasteiger partial charge in [-0.1, -0.05) is 39.8 Å². The van der Waals surface area contributed by atoms with E-state index in [1.54, 1.807) is 12.1 Å². The van der Waals surface area contributed by atoms with Crippen LogP contribution in [0.2, 0.25) is 0 Å². The lowest BCUT2D eigenvalue weighted by atomic mass is 9.94. The van der Waals surface area contributed by atoms with Crippen LogP contribution in [0.4, 0.5) is 0 Å². The fraction of sp³-hybridized carbons (Fsp3) is 0.533. The van der Waals surface area contributed by atoms with Gasteiger partial charge in [0.1, 0.15) is 5.75 Å². The van der Waals surface area contributed by atoms with E-state index in [2.05, 4.69) is 12.2 Å². The Morgan fingerprint density at radius 1 is 1.28 bits per heavy atom. The molecule has 0 saturated heterocycles. The second kappa shape index (κ2) is 5.89. The molecule has 18 heavy (non-hydrogen) atoms. The molecule has 0 heterocycles. The van der Waals surface area contributed by atoms with Crippen molar-refractivity contribution in [3.05, 3.63) is 29.8 Å². The smallest absolute Gasteiger partial charge is 0.225 e. The average Bonchev–Trinajstić information content (AvgIpc) is 2.29. The summed E-state index contributed by atoms with van der Waals surface area (Å²) in [5, 5.41) is 12.3. The molecule has 3 heteroatoms. The van der Waals surface area contributed by atoms with Gasteiger partial charge in [0, 0.05) is 11.5 Å². The molecule has 0 fully saturated rings. The highest BCUT2D eigenvalue weighted by molar-refractivity contribution is 5.81. The molecule has 0 aliphatic carbocycles. The summed E-state index contributed by atoms with van der Waals surface area (Å²) in [4.78, 5) is 11.9. The van der Waals surface area contributed by atoms with Crippen molar-refractivity contribution in [1.29, 1.82) is 0 Å². The SMILES string of the molecule is CCC(Cc1ccc(O)cc1)NC(=O)C(C)(C)C. The normalized spacial score (nSPS) is 13.1. The Balaban J connectivity index is 2.62. The molecule has 0 aromatic heterocycles. The Bertz CT molecular complexity index is 390. The zero-order valence-corrected chi connectivity index (χ0v) is 11.7. The lowest BCUT2D eigenvalue weighted by Crippen LogP contribution is -2.42. The van der Waals surface area contributed by atoms with Crippen LogP contribution in [0, 0.1) is 5.41 Å². The molecule has 0 bridgehead atoms. The van der Waals surface area contributed by atoms with E-state index < -0.39 is 0 Å². The van der Waals surface area contributed by atoms with Gasteiger partial charge in [-0.05, 0) is 30.5 Å². The van der Waals surface area contributed by atoms with Crippen LogP contribution < -0.4 is 5.32 Å². The molecule has 1 amide bonds. The fourth-order valence-electron chi connectivity index (χ4n) is 1.62. The van der Waals surface area contributed by atoms with Gasteiger partial charge in [-0.25, -0.2) is 0 Å². The van der Waals surface area contributed by atoms with Gasteiger partial charge in [-0.2, -0.15) is 0 Å². The van der Waals surface area contributed by atoms with Gasteiger partial charge in [-0.15, -0.1) is 0 Å². The molecule has 0 aliphatic heterocycles. The van der Waals surface area contributed by atoms with Gasteiger partial charge in [0.25, 0.3) is 0 Å². The van der Waals surface area contributed by atoms with Crippen molar-refractivity contribution in [2.24, 2.45) is 5.41 Å². The van der Waals surface area contributed by atoms with Gasteiger partial charge < -0.3 is 10.4 Å². The number of amides is 1. The maximum absolute atomic E-state index is 11.9. The van der Waals surface area contributed by atoms with E-state index >= 15 is 0 Å². The first-order chi connectivity index (χ1) is 8.32. The van der Waals surface area contributed by atoms with Crippen molar-refractivity contribution in [2.45, 2.75) is 46.6 Å². The summed E-state index contributed by atoms with van der Waals surface area (Å²) in [6.45, 7) is 7.80. The van der Waals surface area contributed by atoms with Crippen molar-refractivity contribution in [2.75, 3.05) is 0 Å². The van der Waals surface area contributed by atoms with E-state index in [0.29, 0.717) is 0 Å². The monoisotopic (exact) mass is 249 g/mol. The van der Waals surface area contributed by atoms with E-state index in [1.807, 2.05) is 32.9 Å². The Hall–Kier alpha value is -1.51. The van der Waals surface area contributed by atoms with E-state index in [4.69, 9.17) is 0 Å². The molecule has 2 N–H and O–H groups in total. The zero-order chi connectivity index (χ0) is 13.8. The average molecular weight is 249 g/mol. The number of hydrogen-bond donors (Lipinski definition) is 2. The third-order valence-corrected chi connectivity index (χ3v) is 2.93. The highest BCUT2D eigenvalue weighted by Crippen LogP contribution is 2.16. The summed E-state index contributed by atoms with van der Waals surface area (Å²) in [7, 11) is 0. The molecule has 1 aromatic carbocycles. The third kappa shape index (κ3) is 4.40. The van der Waals surface area contributed by atoms with Crippen molar-refractivity contribution in [1.82, 2.24) is 5.32 Å². The summed E-state index contributed by atoms with van der Waals surface area (Å²) in [6, 6.07) is 7.27. The molecule has 1 atom stereocenters. The van der Waals surface area contributed by atoms with Crippen LogP contribution in [0.1, 0.15) is 39.7 Å². The second-order valence-corrected chi connectivity index (χ2v) is 5.70. The van der Waals surface area contributed by atoms with Crippen LogP contribution in [0.15, 0.2) is 24.3 Å². The van der Waals surface area contributed by atoms with Crippen molar-refractivity contribution in [3.8, 4) is 5.75 Å². The lowest BCUT2D eigenvalue weighted by Gasteiger charge is -2.23. The minimum absolute atomic E-state index is 0.0770. The van der Waals surface area contributed by atoms with Crippen molar-refractivity contribution < 1.29 is 9.90 Å². The summed E-state index contributed by atoms with van der Waals surface area (Å²) in [5.41, 5.74) is 0.761. The van der Waals surface area contributed by atoms with Crippen molar-refractivity contribution >= 4 is 5.91 Å². The number of benzene rings is 1. The van der Waals surface area contributed by atoms with Crippen LogP contribution in [0.5, 0.6) is 5.75 Å². The number of phenols is 1. The van der Waals surface area contributed by atoms with Gasteiger partial charge in [0.05, 0.1) is 0 Å². The second-order valence-electron chi connectivity index (χ2n) is 5.70. The number of aromatic hydroxyl groups is 1. The Labute approximate surface area is 109 Å². The first-order valence-corrected chi connectivity index (χ1v) is 6.41. The molecular weight excluding hydrogens is 226 g/mol. The van der Waals surface area contributed by atoms with Crippen molar-refractivity contribution in [3.63, 3.8) is 0 Å². The highest BCUT2D eigenvalue weighted by Gasteiger charge is 2.23. The van der Waals surface area contributed by atoms with Gasteiger partial charge in [0.2, 0.25) is 5.91 Å². The number of nitrogens with one attached hydrogen (secondary N) is 1. The van der Waals surface area contributed by atoms with Gasteiger partial charge >= 0.3 is 0 Å². The molecular formula is C15H23NO2. The number of rotatable bonds is 4. The number of phenolic OH excluding ortho intramolecular Hbond substituents is 1. The first-order valence-electron chi connectivity index (χ1n) is 6.41. The summed E-state index contributed by atoms with van der Waals surface area (Å²) >= 11 is 0. The number of carbonyl (C=O) groups excluding carboxylic acids is 1. The molecule has 0 radical (unpaired) electrons. The van der Waals surface area contributed by atoms with E-state index in [0.717, 1.165) is 18.4 Å². The largest absolute Gasteiger partial charge is 0.508 e. The van der Waals surface area contributed by atoms with E-state index in [-0.39, 0.29) is 23.1 Å². The molecule has 1 aromatic rings. The van der Waals surface area contributed by atoms with E-state index in [1.165, 1.54) is 0 Å². The molecule has 0 spiro atoms. The Morgan fingerprint density at radius 3 is 2.28 bits per heavy atom. The fourth-order valence-corrected chi connectivity index (χ4v) is 1.62. The summed E-state index contributed by atoms with van der Waals surface area (Å²) in [5.74, 6) is 0.346. The molecule has 100 valence electrons. The third-order valence-electron chi connectivity index (χ3n) is 2.93. The quantitative estimate of drug-likeness (QED) is 0.862. The predicted octanol–water partition coefficient (Wildman–Crippen LogP) is 2.88. The van der Waals surface area contributed by atoms with Crippen LogP contribution >= 0.6 is 0 Å². The zero-order valence-electron chi connectivity index (χ0n) is 11.7. The number of hydrogen-bond acceptors (Lipinski definition) is 2. The van der Waals surface area contributed by atoms with Crippen LogP contribution in [-0.2, 0) is 11.2 Å². The minimum atomic E-state index is -0.359. The molecule has 1 rings (SSSR count). The molecule has 0 aliphatic rings. The maximum Gasteiger partial charge on any atom is 0.225 e. The first kappa shape index (κ1) is 14.6. The summed E-state index contributed by atoms with van der Waals surface area (Å²) < 4.78 is 0. The summed E-state index contributed by atoms with van der Waals surface area (Å²) in [6.07, 6.45) is 1.68. The molecule has 0 saturated carbocycles. The van der Waals surface area contributed by atoms with Gasteiger partial charge in [-0.3, -0.25) is 4.79 Å². The van der Waals surface area contributed by atoms with Crippen LogP contribution in [0.3, 0.4) is 0 Å². The lowest BCUT2D eigenvalue weighted by molar-refractivity contribution is -0.129. The molecule has 3 nitrogen and oxygen atoms in total. The maximum atomic E-state index is 11.9. The standard InChI is InChI=1S/C15H23NO2/c1-5-12(16-14(18)15(2,3)4)10-11-6-8-13(17)9-7-11/h6-9,12,17H,5,10H2,1-4H3,(H,16,18). The topological polar surface area (TPSA) is 49.3 Å². The van der Waals surface area contributed by atoms with Crippen LogP contribution in [-0.4, -0.2) is 17.1 Å². The van der Waals surface area contributed by atoms with Gasteiger partial charge in [0.15, 0.2) is 0 Å².